The zero-order chi connectivity index (χ0) is 20.8. The number of alkyl halides is 3. The number of likely N-dealkylation sites (tertiary alicyclic amines) is 1. The zero-order valence-electron chi connectivity index (χ0n) is 16.4. The standard InChI is InChI=1S/C19H23F3N6O/c1-12-9-15(26(2)25-12)18(29)27-7-5-14(6-8-27)28(13-3-4-13)17-10-16(19(20,21)22)23-11-24-17/h9-11,13-14H,3-8H2,1-2H3. The van der Waals surface area contributed by atoms with Gasteiger partial charge < -0.3 is 9.80 Å². The fraction of sp³-hybridized carbons (Fsp3) is 0.579. The van der Waals surface area contributed by atoms with E-state index in [0.717, 1.165) is 30.9 Å². The summed E-state index contributed by atoms with van der Waals surface area (Å²) in [6.45, 7) is 2.94. The van der Waals surface area contributed by atoms with E-state index < -0.39 is 11.9 Å². The Hall–Kier alpha value is -2.65. The second-order valence-electron chi connectivity index (χ2n) is 7.72. The van der Waals surface area contributed by atoms with Crippen molar-refractivity contribution in [2.45, 2.75) is 50.9 Å². The van der Waals surface area contributed by atoms with Gasteiger partial charge in [0.25, 0.3) is 5.91 Å². The lowest BCUT2D eigenvalue weighted by Gasteiger charge is -2.39. The third-order valence-corrected chi connectivity index (χ3v) is 5.51. The molecule has 2 fully saturated rings. The normalized spacial score (nSPS) is 18.2. The monoisotopic (exact) mass is 408 g/mol. The molecule has 1 aliphatic carbocycles. The lowest BCUT2D eigenvalue weighted by molar-refractivity contribution is -0.141. The molecule has 1 saturated carbocycles. The predicted molar refractivity (Wildman–Crippen MR) is 99.4 cm³/mol. The molecule has 0 bridgehead atoms. The van der Waals surface area contributed by atoms with Crippen LogP contribution in [0.2, 0.25) is 0 Å². The number of nitrogens with zero attached hydrogens (tertiary/aromatic N) is 6. The van der Waals surface area contributed by atoms with Crippen LogP contribution in [0.25, 0.3) is 0 Å². The molecule has 0 spiro atoms. The maximum absolute atomic E-state index is 13.1. The lowest BCUT2D eigenvalue weighted by atomic mass is 10.0. The van der Waals surface area contributed by atoms with Gasteiger partial charge in [-0.25, -0.2) is 9.97 Å². The third kappa shape index (κ3) is 4.06. The number of anilines is 1. The number of aryl methyl sites for hydroxylation is 2. The minimum absolute atomic E-state index is 0.0517. The van der Waals surface area contributed by atoms with E-state index in [1.807, 2.05) is 11.8 Å². The fourth-order valence-corrected chi connectivity index (χ4v) is 3.99. The van der Waals surface area contributed by atoms with Crippen molar-refractivity contribution >= 4 is 11.7 Å². The molecule has 7 nitrogen and oxygen atoms in total. The van der Waals surface area contributed by atoms with E-state index in [0.29, 0.717) is 37.4 Å². The van der Waals surface area contributed by atoms with Crippen molar-refractivity contribution in [3.63, 3.8) is 0 Å². The van der Waals surface area contributed by atoms with E-state index in [4.69, 9.17) is 0 Å². The van der Waals surface area contributed by atoms with Gasteiger partial charge in [0, 0.05) is 38.3 Å². The number of hydrogen-bond donors (Lipinski definition) is 0. The van der Waals surface area contributed by atoms with Crippen LogP contribution in [0.1, 0.15) is 47.6 Å². The zero-order valence-corrected chi connectivity index (χ0v) is 16.4. The number of halogens is 3. The van der Waals surface area contributed by atoms with Crippen LogP contribution >= 0.6 is 0 Å². The van der Waals surface area contributed by atoms with Gasteiger partial charge >= 0.3 is 6.18 Å². The summed E-state index contributed by atoms with van der Waals surface area (Å²) in [6, 6.07) is 3.06. The molecule has 0 unspecified atom stereocenters. The first kappa shape index (κ1) is 19.7. The Morgan fingerprint density at radius 1 is 1.10 bits per heavy atom. The maximum Gasteiger partial charge on any atom is 0.433 e. The van der Waals surface area contributed by atoms with Crippen LogP contribution in [0.15, 0.2) is 18.5 Å². The molecule has 0 atom stereocenters. The summed E-state index contributed by atoms with van der Waals surface area (Å²) < 4.78 is 40.8. The first-order valence-corrected chi connectivity index (χ1v) is 9.71. The van der Waals surface area contributed by atoms with E-state index in [9.17, 15) is 18.0 Å². The Labute approximate surface area is 166 Å². The number of carbonyl (C=O) groups is 1. The number of aromatic nitrogens is 4. The second-order valence-corrected chi connectivity index (χ2v) is 7.72. The molecule has 10 heteroatoms. The van der Waals surface area contributed by atoms with Gasteiger partial charge in [0.05, 0.1) is 5.69 Å². The van der Waals surface area contributed by atoms with Crippen LogP contribution in [-0.4, -0.2) is 55.7 Å². The van der Waals surface area contributed by atoms with Crippen molar-refractivity contribution in [2.75, 3.05) is 18.0 Å². The third-order valence-electron chi connectivity index (χ3n) is 5.51. The van der Waals surface area contributed by atoms with Crippen molar-refractivity contribution in [1.82, 2.24) is 24.6 Å². The molecule has 1 amide bonds. The molecular formula is C19H23F3N6O. The summed E-state index contributed by atoms with van der Waals surface area (Å²) >= 11 is 0. The summed E-state index contributed by atoms with van der Waals surface area (Å²) in [7, 11) is 1.75. The minimum Gasteiger partial charge on any atom is -0.350 e. The smallest absolute Gasteiger partial charge is 0.350 e. The van der Waals surface area contributed by atoms with Crippen molar-refractivity contribution in [3.8, 4) is 0 Å². The summed E-state index contributed by atoms with van der Waals surface area (Å²) in [5.41, 5.74) is 0.410. The highest BCUT2D eigenvalue weighted by Crippen LogP contribution is 2.37. The topological polar surface area (TPSA) is 67.2 Å². The second kappa shape index (κ2) is 7.31. The molecule has 0 aromatic carbocycles. The van der Waals surface area contributed by atoms with E-state index in [1.165, 1.54) is 0 Å². The molecule has 1 saturated heterocycles. The molecule has 0 radical (unpaired) electrons. The van der Waals surface area contributed by atoms with E-state index >= 15 is 0 Å². The Morgan fingerprint density at radius 2 is 1.76 bits per heavy atom. The first-order valence-electron chi connectivity index (χ1n) is 9.71. The van der Waals surface area contributed by atoms with Gasteiger partial charge in [0.15, 0.2) is 0 Å². The van der Waals surface area contributed by atoms with Crippen molar-refractivity contribution in [3.05, 3.63) is 35.5 Å². The van der Waals surface area contributed by atoms with Crippen LogP contribution in [0, 0.1) is 6.92 Å². The van der Waals surface area contributed by atoms with Gasteiger partial charge in [-0.3, -0.25) is 9.48 Å². The van der Waals surface area contributed by atoms with Crippen LogP contribution in [0.4, 0.5) is 19.0 Å². The van der Waals surface area contributed by atoms with Crippen LogP contribution in [0.3, 0.4) is 0 Å². The maximum atomic E-state index is 13.1. The summed E-state index contributed by atoms with van der Waals surface area (Å²) in [4.78, 5) is 24.1. The number of rotatable bonds is 4. The Kier molecular flexibility index (Phi) is 4.95. The average molecular weight is 408 g/mol. The number of carbonyl (C=O) groups excluding carboxylic acids is 1. The van der Waals surface area contributed by atoms with E-state index in [1.54, 1.807) is 22.7 Å². The minimum atomic E-state index is -4.50. The number of piperidine rings is 1. The van der Waals surface area contributed by atoms with E-state index in [2.05, 4.69) is 15.1 Å². The molecular weight excluding hydrogens is 385 g/mol. The molecule has 2 aliphatic rings. The SMILES string of the molecule is Cc1cc(C(=O)N2CCC(N(c3cc(C(F)(F)F)ncn3)C3CC3)CC2)n(C)n1. The van der Waals surface area contributed by atoms with Crippen LogP contribution < -0.4 is 4.90 Å². The van der Waals surface area contributed by atoms with Gasteiger partial charge in [-0.05, 0) is 38.7 Å². The fourth-order valence-electron chi connectivity index (χ4n) is 3.99. The summed E-state index contributed by atoms with van der Waals surface area (Å²) in [5, 5.41) is 4.22. The highest BCUT2D eigenvalue weighted by Gasteiger charge is 2.39. The van der Waals surface area contributed by atoms with E-state index in [-0.39, 0.29) is 18.0 Å². The van der Waals surface area contributed by atoms with Gasteiger partial charge in [-0.2, -0.15) is 18.3 Å². The van der Waals surface area contributed by atoms with Crippen molar-refractivity contribution in [2.24, 2.45) is 7.05 Å². The molecule has 2 aromatic heterocycles. The van der Waals surface area contributed by atoms with Crippen molar-refractivity contribution < 1.29 is 18.0 Å². The predicted octanol–water partition coefficient (Wildman–Crippen LogP) is 2.81. The van der Waals surface area contributed by atoms with Gasteiger partial charge in [-0.15, -0.1) is 0 Å². The highest BCUT2D eigenvalue weighted by molar-refractivity contribution is 5.92. The average Bonchev–Trinajstić information content (AvgIpc) is 3.45. The molecule has 1 aliphatic heterocycles. The Balaban J connectivity index is 1.48. The molecule has 3 heterocycles. The van der Waals surface area contributed by atoms with Crippen LogP contribution in [-0.2, 0) is 13.2 Å². The largest absolute Gasteiger partial charge is 0.433 e. The number of hydrogen-bond acceptors (Lipinski definition) is 5. The number of amides is 1. The molecule has 4 rings (SSSR count). The van der Waals surface area contributed by atoms with Gasteiger partial charge in [0.2, 0.25) is 0 Å². The van der Waals surface area contributed by atoms with Gasteiger partial charge in [0.1, 0.15) is 23.5 Å². The first-order chi connectivity index (χ1) is 13.7. The van der Waals surface area contributed by atoms with Crippen LogP contribution in [0.5, 0.6) is 0 Å². The Bertz CT molecular complexity index is 900. The summed E-state index contributed by atoms with van der Waals surface area (Å²) in [6.07, 6.45) is -0.257. The molecule has 156 valence electrons. The summed E-state index contributed by atoms with van der Waals surface area (Å²) in [5.74, 6) is 0.257. The van der Waals surface area contributed by atoms with Crippen molar-refractivity contribution in [1.29, 1.82) is 0 Å². The molecule has 0 N–H and O–H groups in total. The highest BCUT2D eigenvalue weighted by atomic mass is 19.4. The molecule has 29 heavy (non-hydrogen) atoms. The lowest BCUT2D eigenvalue weighted by Crippen LogP contribution is -2.48. The quantitative estimate of drug-likeness (QED) is 0.778. The Morgan fingerprint density at radius 3 is 2.31 bits per heavy atom. The van der Waals surface area contributed by atoms with Gasteiger partial charge in [-0.1, -0.05) is 0 Å². The molecule has 2 aromatic rings.